The topological polar surface area (TPSA) is 63.4 Å². The van der Waals surface area contributed by atoms with Gasteiger partial charge in [0.15, 0.2) is 0 Å². The molecule has 0 amide bonds. The number of nitro groups is 1. The van der Waals surface area contributed by atoms with Crippen molar-refractivity contribution in [2.24, 2.45) is 0 Å². The lowest BCUT2D eigenvalue weighted by Gasteiger charge is -2.05. The summed E-state index contributed by atoms with van der Waals surface area (Å²) in [6.45, 7) is 0. The maximum atomic E-state index is 10.9. The number of nitro benzene ring substituents is 1. The number of benzene rings is 2. The molecule has 0 heterocycles. The van der Waals surface area contributed by atoms with Crippen molar-refractivity contribution in [3.05, 3.63) is 63.2 Å². The third kappa shape index (κ3) is 3.39. The van der Waals surface area contributed by atoms with E-state index in [9.17, 15) is 15.2 Å². The first-order valence-corrected chi connectivity index (χ1v) is 6.78. The van der Waals surface area contributed by atoms with Gasteiger partial charge in [-0.25, -0.2) is 0 Å². The van der Waals surface area contributed by atoms with Gasteiger partial charge in [-0.1, -0.05) is 23.7 Å². The van der Waals surface area contributed by atoms with Crippen molar-refractivity contribution in [1.29, 1.82) is 0 Å². The average molecular weight is 296 g/mol. The fourth-order valence-corrected chi connectivity index (χ4v) is 2.71. The molecule has 0 radical (unpaired) electrons. The van der Waals surface area contributed by atoms with Crippen LogP contribution in [0.3, 0.4) is 0 Å². The van der Waals surface area contributed by atoms with E-state index in [-0.39, 0.29) is 11.4 Å². The Morgan fingerprint density at radius 3 is 2.68 bits per heavy atom. The lowest BCUT2D eigenvalue weighted by atomic mass is 10.2. The summed E-state index contributed by atoms with van der Waals surface area (Å²) in [5.74, 6) is 0.534. The third-order valence-electron chi connectivity index (χ3n) is 2.49. The molecule has 4 nitrogen and oxygen atoms in total. The smallest absolute Gasteiger partial charge is 0.273 e. The van der Waals surface area contributed by atoms with Gasteiger partial charge in [0.1, 0.15) is 5.75 Å². The number of para-hydroxylation sites is 1. The number of hydrogen-bond acceptors (Lipinski definition) is 4. The summed E-state index contributed by atoms with van der Waals surface area (Å²) in [6, 6.07) is 11.3. The minimum atomic E-state index is -0.433. The molecule has 1 N–H and O–H groups in total. The van der Waals surface area contributed by atoms with Gasteiger partial charge in [0, 0.05) is 27.3 Å². The first-order valence-electron chi connectivity index (χ1n) is 5.41. The van der Waals surface area contributed by atoms with Crippen LogP contribution < -0.4 is 0 Å². The minimum Gasteiger partial charge on any atom is -0.507 e. The van der Waals surface area contributed by atoms with Gasteiger partial charge in [-0.3, -0.25) is 10.1 Å². The highest BCUT2D eigenvalue weighted by Gasteiger charge is 2.14. The second kappa shape index (κ2) is 5.95. The van der Waals surface area contributed by atoms with Gasteiger partial charge in [-0.05, 0) is 24.3 Å². The van der Waals surface area contributed by atoms with Crippen molar-refractivity contribution in [3.8, 4) is 5.75 Å². The lowest BCUT2D eigenvalue weighted by Crippen LogP contribution is -1.94. The van der Waals surface area contributed by atoms with Crippen molar-refractivity contribution in [3.63, 3.8) is 0 Å². The number of aromatic hydroxyl groups is 1. The third-order valence-corrected chi connectivity index (χ3v) is 3.83. The van der Waals surface area contributed by atoms with Crippen LogP contribution >= 0.6 is 23.4 Å². The van der Waals surface area contributed by atoms with Crippen molar-refractivity contribution < 1.29 is 10.0 Å². The molecular weight excluding hydrogens is 286 g/mol. The molecule has 19 heavy (non-hydrogen) atoms. The molecule has 0 aliphatic rings. The summed E-state index contributed by atoms with van der Waals surface area (Å²) in [4.78, 5) is 11.2. The monoisotopic (exact) mass is 295 g/mol. The summed E-state index contributed by atoms with van der Waals surface area (Å²) in [5, 5.41) is 21.0. The molecule has 0 saturated heterocycles. The van der Waals surface area contributed by atoms with E-state index < -0.39 is 4.92 Å². The highest BCUT2D eigenvalue weighted by Crippen LogP contribution is 2.33. The molecule has 0 aromatic heterocycles. The van der Waals surface area contributed by atoms with Gasteiger partial charge in [0.25, 0.3) is 5.69 Å². The van der Waals surface area contributed by atoms with Crippen molar-refractivity contribution >= 4 is 29.1 Å². The summed E-state index contributed by atoms with van der Waals surface area (Å²) in [7, 11) is 0. The fourth-order valence-electron chi connectivity index (χ4n) is 1.58. The molecule has 2 aromatic carbocycles. The Labute approximate surface area is 119 Å². The Bertz CT molecular complexity index is 619. The van der Waals surface area contributed by atoms with Crippen LogP contribution in [0.25, 0.3) is 0 Å². The first-order chi connectivity index (χ1) is 9.08. The van der Waals surface area contributed by atoms with E-state index in [1.807, 2.05) is 0 Å². The molecule has 0 spiro atoms. The van der Waals surface area contributed by atoms with E-state index in [0.29, 0.717) is 21.2 Å². The Morgan fingerprint density at radius 1 is 1.26 bits per heavy atom. The second-order valence-electron chi connectivity index (χ2n) is 3.79. The number of nitrogens with zero attached hydrogens (tertiary/aromatic N) is 1. The number of hydrogen-bond donors (Lipinski definition) is 1. The van der Waals surface area contributed by atoms with Gasteiger partial charge < -0.3 is 5.11 Å². The van der Waals surface area contributed by atoms with Crippen LogP contribution in [0.4, 0.5) is 5.69 Å². The molecule has 0 saturated carbocycles. The second-order valence-corrected chi connectivity index (χ2v) is 5.24. The molecule has 0 fully saturated rings. The average Bonchev–Trinajstić information content (AvgIpc) is 2.37. The number of phenolic OH excluding ortho intramolecular Hbond substituents is 1. The Balaban J connectivity index is 2.22. The SMILES string of the molecule is O=[N+]([O-])c1ccc(Cl)cc1CSc1ccccc1O. The number of phenols is 1. The summed E-state index contributed by atoms with van der Waals surface area (Å²) >= 11 is 7.18. The molecule has 98 valence electrons. The zero-order valence-electron chi connectivity index (χ0n) is 9.75. The molecule has 6 heteroatoms. The van der Waals surface area contributed by atoms with E-state index in [2.05, 4.69) is 0 Å². The highest BCUT2D eigenvalue weighted by molar-refractivity contribution is 7.98. The zero-order valence-corrected chi connectivity index (χ0v) is 11.3. The number of halogens is 1. The van der Waals surface area contributed by atoms with Crippen molar-refractivity contribution in [1.82, 2.24) is 0 Å². The van der Waals surface area contributed by atoms with Crippen molar-refractivity contribution in [2.75, 3.05) is 0 Å². The van der Waals surface area contributed by atoms with E-state index in [4.69, 9.17) is 11.6 Å². The fraction of sp³-hybridized carbons (Fsp3) is 0.0769. The number of thioether (sulfide) groups is 1. The van der Waals surface area contributed by atoms with Crippen LogP contribution in [0.2, 0.25) is 5.02 Å². The molecule has 0 aliphatic carbocycles. The van der Waals surface area contributed by atoms with Gasteiger partial charge in [0.05, 0.1) is 4.92 Å². The van der Waals surface area contributed by atoms with Crippen LogP contribution in [-0.2, 0) is 5.75 Å². The maximum absolute atomic E-state index is 10.9. The van der Waals surface area contributed by atoms with Crippen LogP contribution in [0.5, 0.6) is 5.75 Å². The predicted molar refractivity (Wildman–Crippen MR) is 75.8 cm³/mol. The first kappa shape index (κ1) is 13.7. The van der Waals surface area contributed by atoms with Crippen molar-refractivity contribution in [2.45, 2.75) is 10.6 Å². The van der Waals surface area contributed by atoms with Crippen LogP contribution in [0.1, 0.15) is 5.56 Å². The molecule has 0 unspecified atom stereocenters. The normalized spacial score (nSPS) is 10.4. The van der Waals surface area contributed by atoms with Gasteiger partial charge in [-0.15, -0.1) is 11.8 Å². The molecule has 0 aliphatic heterocycles. The summed E-state index contributed by atoms with van der Waals surface area (Å²) < 4.78 is 0. The Kier molecular flexibility index (Phi) is 4.29. The molecular formula is C13H10ClNO3S. The Morgan fingerprint density at radius 2 is 2.00 bits per heavy atom. The summed E-state index contributed by atoms with van der Waals surface area (Å²) in [5.41, 5.74) is 0.568. The largest absolute Gasteiger partial charge is 0.507 e. The molecule has 0 bridgehead atoms. The predicted octanol–water partition coefficient (Wildman–Crippen LogP) is 4.25. The van der Waals surface area contributed by atoms with Crippen LogP contribution in [-0.4, -0.2) is 10.0 Å². The molecule has 0 atom stereocenters. The minimum absolute atomic E-state index is 0.0346. The van der Waals surface area contributed by atoms with Gasteiger partial charge >= 0.3 is 0 Å². The number of rotatable bonds is 4. The highest BCUT2D eigenvalue weighted by atomic mass is 35.5. The van der Waals surface area contributed by atoms with E-state index in [1.165, 1.54) is 23.9 Å². The summed E-state index contributed by atoms with van der Waals surface area (Å²) in [6.07, 6.45) is 0. The standard InChI is InChI=1S/C13H10ClNO3S/c14-10-5-6-11(15(17)18)9(7-10)8-19-13-4-2-1-3-12(13)16/h1-7,16H,8H2. The van der Waals surface area contributed by atoms with Gasteiger partial charge in [-0.2, -0.15) is 0 Å². The van der Waals surface area contributed by atoms with E-state index >= 15 is 0 Å². The van der Waals surface area contributed by atoms with E-state index in [1.54, 1.807) is 30.3 Å². The Hall–Kier alpha value is -1.72. The molecule has 2 rings (SSSR count). The maximum Gasteiger partial charge on any atom is 0.273 e. The van der Waals surface area contributed by atoms with Crippen LogP contribution in [0, 0.1) is 10.1 Å². The van der Waals surface area contributed by atoms with Crippen LogP contribution in [0.15, 0.2) is 47.4 Å². The van der Waals surface area contributed by atoms with Gasteiger partial charge in [0.2, 0.25) is 0 Å². The quantitative estimate of drug-likeness (QED) is 0.520. The van der Waals surface area contributed by atoms with E-state index in [0.717, 1.165) is 0 Å². The molecule has 2 aromatic rings. The zero-order chi connectivity index (χ0) is 13.8. The lowest BCUT2D eigenvalue weighted by molar-refractivity contribution is -0.385.